The summed E-state index contributed by atoms with van der Waals surface area (Å²) in [6.45, 7) is 1.92. The maximum Gasteiger partial charge on any atom is 1.00 e. The molecule has 0 fully saturated rings. The minimum atomic E-state index is -3.23. The average Bonchev–Trinajstić information content (AvgIpc) is 2.55. The first-order valence-corrected chi connectivity index (χ1v) is 9.50. The van der Waals surface area contributed by atoms with Crippen molar-refractivity contribution in [2.24, 2.45) is 0 Å². The molecule has 2 heterocycles. The van der Waals surface area contributed by atoms with Crippen molar-refractivity contribution in [3.05, 3.63) is 65.6 Å². The number of hydrogen-bond acceptors (Lipinski definition) is 4. The van der Waals surface area contributed by atoms with E-state index in [0.29, 0.717) is 5.02 Å². The molecular weight excluding hydrogens is 383 g/mol. The van der Waals surface area contributed by atoms with Gasteiger partial charge >= 0.3 is 51.4 Å². The van der Waals surface area contributed by atoms with Crippen LogP contribution in [0.1, 0.15) is 7.12 Å². The summed E-state index contributed by atoms with van der Waals surface area (Å²) in [4.78, 5) is 9.02. The first-order chi connectivity index (χ1) is 11.3. The molecule has 4 nitrogen and oxygen atoms in total. The Morgan fingerprint density at radius 1 is 0.960 bits per heavy atom. The van der Waals surface area contributed by atoms with E-state index in [2.05, 4.69) is 9.97 Å². The SMILES string of the molecule is Cc1ccc(-c2ncc(Cl)cc2-c2ccc(S(C)(=O)=O)cc2)cn1.[H-].[K+]. The second-order valence-corrected chi connectivity index (χ2v) is 7.99. The van der Waals surface area contributed by atoms with Gasteiger partial charge in [0.1, 0.15) is 0 Å². The fraction of sp³-hybridized carbons (Fsp3) is 0.111. The van der Waals surface area contributed by atoms with Gasteiger partial charge in [-0.05, 0) is 42.8 Å². The Balaban J connectivity index is 0.00000169. The van der Waals surface area contributed by atoms with Crippen molar-refractivity contribution in [2.45, 2.75) is 11.8 Å². The number of aryl methyl sites for hydroxylation is 1. The zero-order chi connectivity index (χ0) is 17.3. The fourth-order valence-electron chi connectivity index (χ4n) is 2.38. The van der Waals surface area contributed by atoms with Crippen LogP contribution in [0, 0.1) is 6.92 Å². The zero-order valence-electron chi connectivity index (χ0n) is 15.2. The third-order valence-corrected chi connectivity index (χ3v) is 4.97. The van der Waals surface area contributed by atoms with Gasteiger partial charge in [-0.2, -0.15) is 0 Å². The van der Waals surface area contributed by atoms with Crippen LogP contribution in [-0.2, 0) is 9.84 Å². The van der Waals surface area contributed by atoms with Gasteiger partial charge in [0.2, 0.25) is 0 Å². The first-order valence-electron chi connectivity index (χ1n) is 7.24. The Morgan fingerprint density at radius 3 is 2.16 bits per heavy atom. The van der Waals surface area contributed by atoms with Gasteiger partial charge in [-0.3, -0.25) is 9.97 Å². The Hall–Kier alpha value is -0.604. The van der Waals surface area contributed by atoms with Gasteiger partial charge in [0.25, 0.3) is 0 Å². The number of sulfone groups is 1. The van der Waals surface area contributed by atoms with Crippen LogP contribution in [0.15, 0.2) is 59.8 Å². The summed E-state index contributed by atoms with van der Waals surface area (Å²) in [6, 6.07) is 12.4. The van der Waals surface area contributed by atoms with Crippen LogP contribution in [0.4, 0.5) is 0 Å². The van der Waals surface area contributed by atoms with E-state index in [1.807, 2.05) is 25.1 Å². The molecular formula is C18H16ClKN2O2S. The van der Waals surface area contributed by atoms with Crippen LogP contribution in [0.5, 0.6) is 0 Å². The molecule has 3 rings (SSSR count). The van der Waals surface area contributed by atoms with Crippen molar-refractivity contribution in [2.75, 3.05) is 6.26 Å². The predicted octanol–water partition coefficient (Wildman–Crippen LogP) is 1.29. The number of nitrogens with zero attached hydrogens (tertiary/aromatic N) is 2. The van der Waals surface area contributed by atoms with Crippen molar-refractivity contribution in [1.82, 2.24) is 9.97 Å². The van der Waals surface area contributed by atoms with Gasteiger partial charge in [-0.25, -0.2) is 8.42 Å². The molecule has 0 saturated carbocycles. The molecule has 2 aromatic heterocycles. The molecule has 0 aliphatic heterocycles. The van der Waals surface area contributed by atoms with Crippen LogP contribution >= 0.6 is 11.6 Å². The minimum absolute atomic E-state index is 0. The minimum Gasteiger partial charge on any atom is -1.00 e. The monoisotopic (exact) mass is 398 g/mol. The summed E-state index contributed by atoms with van der Waals surface area (Å²) < 4.78 is 23.2. The molecule has 0 aliphatic carbocycles. The summed E-state index contributed by atoms with van der Waals surface area (Å²) in [5.41, 5.74) is 4.21. The number of aromatic nitrogens is 2. The predicted molar refractivity (Wildman–Crippen MR) is 96.9 cm³/mol. The normalized spacial score (nSPS) is 11.0. The first kappa shape index (κ1) is 20.7. The summed E-state index contributed by atoms with van der Waals surface area (Å²) in [7, 11) is -3.23. The van der Waals surface area contributed by atoms with Gasteiger partial charge in [-0.1, -0.05) is 23.7 Å². The van der Waals surface area contributed by atoms with Crippen LogP contribution in [-0.4, -0.2) is 24.6 Å². The number of hydrogen-bond donors (Lipinski definition) is 0. The summed E-state index contributed by atoms with van der Waals surface area (Å²) in [6.07, 6.45) is 4.54. The van der Waals surface area contributed by atoms with Gasteiger partial charge in [0.05, 0.1) is 15.6 Å². The maximum atomic E-state index is 11.6. The Bertz CT molecular complexity index is 995. The fourth-order valence-corrected chi connectivity index (χ4v) is 3.17. The number of rotatable bonds is 3. The Morgan fingerprint density at radius 2 is 1.60 bits per heavy atom. The quantitative estimate of drug-likeness (QED) is 0.624. The molecule has 124 valence electrons. The molecule has 0 amide bonds. The molecule has 0 N–H and O–H groups in total. The van der Waals surface area contributed by atoms with E-state index < -0.39 is 9.84 Å². The maximum absolute atomic E-state index is 11.6. The van der Waals surface area contributed by atoms with E-state index in [-0.39, 0.29) is 57.7 Å². The molecule has 0 radical (unpaired) electrons. The third kappa shape index (κ3) is 4.98. The summed E-state index contributed by atoms with van der Waals surface area (Å²) in [5, 5.41) is 0.515. The van der Waals surface area contributed by atoms with Gasteiger partial charge in [0.15, 0.2) is 9.84 Å². The third-order valence-electron chi connectivity index (χ3n) is 3.63. The second kappa shape index (κ2) is 8.39. The van der Waals surface area contributed by atoms with Crippen molar-refractivity contribution in [1.29, 1.82) is 0 Å². The smallest absolute Gasteiger partial charge is 1.00 e. The van der Waals surface area contributed by atoms with Crippen LogP contribution in [0.3, 0.4) is 0 Å². The van der Waals surface area contributed by atoms with Crippen molar-refractivity contribution in [3.8, 4) is 22.4 Å². The molecule has 0 unspecified atom stereocenters. The van der Waals surface area contributed by atoms with E-state index in [0.717, 1.165) is 28.1 Å². The van der Waals surface area contributed by atoms with Crippen molar-refractivity contribution < 1.29 is 61.2 Å². The molecule has 0 spiro atoms. The largest absolute Gasteiger partial charge is 1.00 e. The van der Waals surface area contributed by atoms with Crippen LogP contribution < -0.4 is 51.4 Å². The van der Waals surface area contributed by atoms with Gasteiger partial charge < -0.3 is 1.43 Å². The number of halogens is 1. The Labute approximate surface area is 196 Å². The van der Waals surface area contributed by atoms with E-state index in [9.17, 15) is 8.42 Å². The molecule has 25 heavy (non-hydrogen) atoms. The number of benzene rings is 1. The van der Waals surface area contributed by atoms with E-state index in [1.165, 1.54) is 6.26 Å². The number of pyridine rings is 2. The molecule has 3 aromatic rings. The van der Waals surface area contributed by atoms with Crippen molar-refractivity contribution in [3.63, 3.8) is 0 Å². The van der Waals surface area contributed by atoms with Crippen LogP contribution in [0.25, 0.3) is 22.4 Å². The van der Waals surface area contributed by atoms with Crippen LogP contribution in [0.2, 0.25) is 5.02 Å². The summed E-state index contributed by atoms with van der Waals surface area (Å²) in [5.74, 6) is 0. The molecule has 0 atom stereocenters. The standard InChI is InChI=1S/C18H15ClN2O2S.K.H/c1-12-3-4-14(10-20-12)18-17(9-15(19)11-21-18)13-5-7-16(8-6-13)24(2,22)23;;/h3-11H,1-2H3;;/q;+1;-1. The summed E-state index contributed by atoms with van der Waals surface area (Å²) >= 11 is 6.11. The van der Waals surface area contributed by atoms with Gasteiger partial charge in [0, 0.05) is 35.5 Å². The van der Waals surface area contributed by atoms with Crippen molar-refractivity contribution >= 4 is 21.4 Å². The van der Waals surface area contributed by atoms with E-state index >= 15 is 0 Å². The molecule has 7 heteroatoms. The molecule has 1 aromatic carbocycles. The molecule has 0 saturated heterocycles. The molecule has 0 bridgehead atoms. The Kier molecular flexibility index (Phi) is 6.95. The average molecular weight is 399 g/mol. The second-order valence-electron chi connectivity index (χ2n) is 5.53. The van der Waals surface area contributed by atoms with E-state index in [1.54, 1.807) is 36.7 Å². The topological polar surface area (TPSA) is 59.9 Å². The molecule has 0 aliphatic rings. The zero-order valence-corrected chi connectivity index (χ0v) is 18.9. The van der Waals surface area contributed by atoms with E-state index in [4.69, 9.17) is 11.6 Å². The van der Waals surface area contributed by atoms with Gasteiger partial charge in [-0.15, -0.1) is 0 Å².